The summed E-state index contributed by atoms with van der Waals surface area (Å²) in [6, 6.07) is 7.41. The monoisotopic (exact) mass is 545 g/mol. The van der Waals surface area contributed by atoms with E-state index < -0.39 is 5.60 Å². The number of azo groups is 1. The SMILES string of the molecule is CC(c1c(OCC2CC2)ccc2c(O)c(C=C3N=Nc4ncccc43)oc12)N1CCN(C(=O)OC(C)(C)C)CC1. The lowest BCUT2D eigenvalue weighted by molar-refractivity contribution is 0.0109. The lowest BCUT2D eigenvalue weighted by atomic mass is 10.0. The molecule has 1 saturated carbocycles. The summed E-state index contributed by atoms with van der Waals surface area (Å²) in [5, 5.41) is 20.2. The zero-order valence-corrected chi connectivity index (χ0v) is 23.4. The number of aromatic hydroxyl groups is 1. The number of carbonyl (C=O) groups excluding carboxylic acids is 1. The smallest absolute Gasteiger partial charge is 0.410 e. The lowest BCUT2D eigenvalue weighted by Gasteiger charge is -2.38. The summed E-state index contributed by atoms with van der Waals surface area (Å²) in [6.45, 7) is 10.9. The molecular weight excluding hydrogens is 510 g/mol. The van der Waals surface area contributed by atoms with Crippen LogP contribution in [0.25, 0.3) is 22.7 Å². The normalized spacial score (nSPS) is 19.3. The maximum absolute atomic E-state index is 12.6. The van der Waals surface area contributed by atoms with Crippen LogP contribution in [0.3, 0.4) is 0 Å². The third-order valence-corrected chi connectivity index (χ3v) is 7.54. The summed E-state index contributed by atoms with van der Waals surface area (Å²) >= 11 is 0. The van der Waals surface area contributed by atoms with Crippen LogP contribution in [0, 0.1) is 5.92 Å². The van der Waals surface area contributed by atoms with Crippen molar-refractivity contribution in [2.24, 2.45) is 16.1 Å². The second-order valence-electron chi connectivity index (χ2n) is 11.7. The molecule has 1 aromatic carbocycles. The van der Waals surface area contributed by atoms with Crippen molar-refractivity contribution < 1.29 is 23.8 Å². The molecule has 1 N–H and O–H groups in total. The first kappa shape index (κ1) is 26.3. The zero-order valence-electron chi connectivity index (χ0n) is 23.4. The molecule has 0 bridgehead atoms. The van der Waals surface area contributed by atoms with Crippen molar-refractivity contribution >= 4 is 34.7 Å². The Bertz CT molecular complexity index is 1490. The van der Waals surface area contributed by atoms with E-state index in [1.807, 2.05) is 45.0 Å². The molecule has 1 amide bonds. The Labute approximate surface area is 233 Å². The molecule has 2 aromatic heterocycles. The number of nitrogens with zero attached hydrogens (tertiary/aromatic N) is 5. The number of ether oxygens (including phenoxy) is 2. The van der Waals surface area contributed by atoms with Gasteiger partial charge in [-0.2, -0.15) is 0 Å². The van der Waals surface area contributed by atoms with E-state index in [4.69, 9.17) is 13.9 Å². The molecule has 1 atom stereocenters. The number of benzene rings is 1. The molecule has 3 aromatic rings. The molecule has 2 aliphatic heterocycles. The second-order valence-corrected chi connectivity index (χ2v) is 11.7. The molecule has 210 valence electrons. The first-order valence-electron chi connectivity index (χ1n) is 13.9. The Morgan fingerprint density at radius 2 is 1.95 bits per heavy atom. The van der Waals surface area contributed by atoms with Gasteiger partial charge in [-0.3, -0.25) is 4.90 Å². The van der Waals surface area contributed by atoms with Crippen molar-refractivity contribution in [2.75, 3.05) is 32.8 Å². The molecular formula is C30H35N5O5. The molecule has 2 fully saturated rings. The van der Waals surface area contributed by atoms with E-state index in [9.17, 15) is 9.90 Å². The Balaban J connectivity index is 1.31. The van der Waals surface area contributed by atoms with Gasteiger partial charge in [0, 0.05) is 50.1 Å². The number of hydrogen-bond donors (Lipinski definition) is 1. The summed E-state index contributed by atoms with van der Waals surface area (Å²) in [4.78, 5) is 20.9. The quantitative estimate of drug-likeness (QED) is 0.375. The molecule has 6 rings (SSSR count). The van der Waals surface area contributed by atoms with Gasteiger partial charge in [-0.15, -0.1) is 10.2 Å². The number of furan rings is 1. The molecule has 0 radical (unpaired) electrons. The minimum Gasteiger partial charge on any atom is -0.504 e. The van der Waals surface area contributed by atoms with Crippen LogP contribution in [0.5, 0.6) is 11.5 Å². The topological polar surface area (TPSA) is 113 Å². The van der Waals surface area contributed by atoms with Crippen LogP contribution in [0.2, 0.25) is 0 Å². The van der Waals surface area contributed by atoms with Crippen molar-refractivity contribution in [3.05, 3.63) is 47.3 Å². The van der Waals surface area contributed by atoms with E-state index in [1.54, 1.807) is 17.2 Å². The van der Waals surface area contributed by atoms with E-state index in [2.05, 4.69) is 27.0 Å². The number of fused-ring (bicyclic) bond motifs is 2. The number of amides is 1. The number of carbonyl (C=O) groups is 1. The molecule has 1 aliphatic carbocycles. The lowest BCUT2D eigenvalue weighted by Crippen LogP contribution is -2.50. The number of hydrogen-bond acceptors (Lipinski definition) is 9. The number of rotatable bonds is 6. The minimum atomic E-state index is -0.530. The van der Waals surface area contributed by atoms with E-state index in [0.29, 0.717) is 66.9 Å². The number of aromatic nitrogens is 1. The summed E-state index contributed by atoms with van der Waals surface area (Å²) in [5.41, 5.74) is 2.31. The Hall–Kier alpha value is -3.92. The average molecular weight is 546 g/mol. The van der Waals surface area contributed by atoms with Crippen molar-refractivity contribution in [2.45, 2.75) is 52.2 Å². The Kier molecular flexibility index (Phi) is 6.74. The third kappa shape index (κ3) is 5.28. The first-order chi connectivity index (χ1) is 19.2. The van der Waals surface area contributed by atoms with Crippen LogP contribution in [0.1, 0.15) is 63.5 Å². The number of pyridine rings is 1. The van der Waals surface area contributed by atoms with Gasteiger partial charge in [0.15, 0.2) is 17.3 Å². The summed E-state index contributed by atoms with van der Waals surface area (Å²) < 4.78 is 18.2. The van der Waals surface area contributed by atoms with Gasteiger partial charge in [0.1, 0.15) is 22.6 Å². The zero-order chi connectivity index (χ0) is 28.0. The van der Waals surface area contributed by atoms with Crippen LogP contribution in [0.4, 0.5) is 10.6 Å². The molecule has 4 heterocycles. The fraction of sp³-hybridized carbons (Fsp3) is 0.467. The van der Waals surface area contributed by atoms with Crippen molar-refractivity contribution in [1.82, 2.24) is 14.8 Å². The highest BCUT2D eigenvalue weighted by Gasteiger charge is 2.32. The van der Waals surface area contributed by atoms with Gasteiger partial charge >= 0.3 is 6.09 Å². The van der Waals surface area contributed by atoms with Crippen LogP contribution < -0.4 is 4.74 Å². The van der Waals surface area contributed by atoms with Crippen molar-refractivity contribution in [3.8, 4) is 11.5 Å². The molecule has 0 spiro atoms. The van der Waals surface area contributed by atoms with E-state index in [1.165, 1.54) is 12.8 Å². The summed E-state index contributed by atoms with van der Waals surface area (Å²) in [7, 11) is 0. The van der Waals surface area contributed by atoms with Crippen LogP contribution >= 0.6 is 0 Å². The molecule has 1 saturated heterocycles. The Morgan fingerprint density at radius 3 is 2.67 bits per heavy atom. The van der Waals surface area contributed by atoms with Crippen LogP contribution in [-0.4, -0.2) is 64.4 Å². The third-order valence-electron chi connectivity index (χ3n) is 7.54. The molecule has 3 aliphatic rings. The first-order valence-corrected chi connectivity index (χ1v) is 13.9. The highest BCUT2D eigenvalue weighted by Crippen LogP contribution is 2.45. The average Bonchev–Trinajstić information content (AvgIpc) is 3.60. The van der Waals surface area contributed by atoms with Crippen LogP contribution in [-0.2, 0) is 4.74 Å². The Morgan fingerprint density at radius 1 is 1.18 bits per heavy atom. The van der Waals surface area contributed by atoms with Gasteiger partial charge in [-0.1, -0.05) is 0 Å². The molecule has 40 heavy (non-hydrogen) atoms. The van der Waals surface area contributed by atoms with Gasteiger partial charge in [-0.05, 0) is 70.7 Å². The highest BCUT2D eigenvalue weighted by molar-refractivity contribution is 5.95. The van der Waals surface area contributed by atoms with E-state index in [0.717, 1.165) is 16.9 Å². The van der Waals surface area contributed by atoms with Crippen molar-refractivity contribution in [3.63, 3.8) is 0 Å². The predicted molar refractivity (Wildman–Crippen MR) is 151 cm³/mol. The maximum atomic E-state index is 12.6. The molecule has 10 heteroatoms. The van der Waals surface area contributed by atoms with E-state index >= 15 is 0 Å². The highest BCUT2D eigenvalue weighted by atomic mass is 16.6. The molecule has 1 unspecified atom stereocenters. The van der Waals surface area contributed by atoms with Crippen LogP contribution in [0.15, 0.2) is 45.1 Å². The maximum Gasteiger partial charge on any atom is 0.410 e. The fourth-order valence-corrected chi connectivity index (χ4v) is 5.14. The second kappa shape index (κ2) is 10.2. The van der Waals surface area contributed by atoms with Gasteiger partial charge in [0.25, 0.3) is 0 Å². The fourth-order valence-electron chi connectivity index (χ4n) is 5.14. The van der Waals surface area contributed by atoms with Gasteiger partial charge < -0.3 is 23.9 Å². The summed E-state index contributed by atoms with van der Waals surface area (Å²) in [5.74, 6) is 2.24. The van der Waals surface area contributed by atoms with Gasteiger partial charge in [0.05, 0.1) is 17.6 Å². The van der Waals surface area contributed by atoms with Gasteiger partial charge in [0.2, 0.25) is 0 Å². The molecule has 10 nitrogen and oxygen atoms in total. The van der Waals surface area contributed by atoms with E-state index in [-0.39, 0.29) is 17.9 Å². The minimum absolute atomic E-state index is 0.0481. The van der Waals surface area contributed by atoms with Gasteiger partial charge in [-0.25, -0.2) is 9.78 Å². The van der Waals surface area contributed by atoms with Crippen molar-refractivity contribution in [1.29, 1.82) is 0 Å². The number of piperazine rings is 1. The largest absolute Gasteiger partial charge is 0.504 e. The standard InChI is InChI=1S/C30H35N5O5/c1-18(34-12-14-35(15-13-34)29(37)40-30(2,3)4)25-23(38-17-19-7-8-19)10-9-21-26(36)24(39-27(21)25)16-22-20-6-5-11-31-28(20)33-32-22/h5-6,9-11,16,18-19,36H,7-8,12-15,17H2,1-4H3. The summed E-state index contributed by atoms with van der Waals surface area (Å²) in [6.07, 6.45) is 5.45. The predicted octanol–water partition coefficient (Wildman–Crippen LogP) is 6.53.